The summed E-state index contributed by atoms with van der Waals surface area (Å²) < 4.78 is 24.7. The van der Waals surface area contributed by atoms with Crippen LogP contribution in [0.5, 0.6) is 17.2 Å². The topological polar surface area (TPSA) is 36.9 Å². The molecule has 9 heteroatoms. The van der Waals surface area contributed by atoms with E-state index in [2.05, 4.69) is 15.9 Å². The molecule has 2 heterocycles. The molecule has 3 rings (SSSR count). The van der Waals surface area contributed by atoms with E-state index in [4.69, 9.17) is 18.9 Å². The summed E-state index contributed by atoms with van der Waals surface area (Å²) in [5, 5.41) is -0.850. The summed E-state index contributed by atoms with van der Waals surface area (Å²) in [6.07, 6.45) is 2.97. The summed E-state index contributed by atoms with van der Waals surface area (Å²) >= 11 is 3.60. The van der Waals surface area contributed by atoms with Crippen LogP contribution in [0.25, 0.3) is 0 Å². The maximum atomic E-state index is 6.20. The first-order valence-corrected chi connectivity index (χ1v) is 8.58. The van der Waals surface area contributed by atoms with E-state index in [9.17, 15) is 0 Å². The molecular formula is C13H19B4BrO4. The van der Waals surface area contributed by atoms with Crippen molar-refractivity contribution in [1.82, 2.24) is 0 Å². The molecular weight excluding hydrogens is 343 g/mol. The SMILES string of the molecule is BC1(B)Oc2ccc(OC3CCCCO3)c(Br)c2OC1(B)B. The molecule has 22 heavy (non-hydrogen) atoms. The van der Waals surface area contributed by atoms with Crippen LogP contribution in [0.4, 0.5) is 0 Å². The molecule has 0 amide bonds. The van der Waals surface area contributed by atoms with E-state index < -0.39 is 10.8 Å². The van der Waals surface area contributed by atoms with Crippen molar-refractivity contribution >= 4 is 47.3 Å². The lowest BCUT2D eigenvalue weighted by atomic mass is 9.41. The maximum Gasteiger partial charge on any atom is 0.199 e. The Bertz CT molecular complexity index is 575. The molecule has 0 bridgehead atoms. The van der Waals surface area contributed by atoms with Gasteiger partial charge in [0.25, 0.3) is 0 Å². The molecule has 0 radical (unpaired) electrons. The Morgan fingerprint density at radius 3 is 2.50 bits per heavy atom. The lowest BCUT2D eigenvalue weighted by Gasteiger charge is -2.47. The summed E-state index contributed by atoms with van der Waals surface area (Å²) in [6, 6.07) is 3.80. The van der Waals surface area contributed by atoms with Gasteiger partial charge in [-0.1, -0.05) is 0 Å². The molecule has 0 aromatic heterocycles. The molecule has 1 atom stereocenters. The normalized spacial score (nSPS) is 25.4. The summed E-state index contributed by atoms with van der Waals surface area (Å²) in [5.74, 6) is 2.15. The van der Waals surface area contributed by atoms with Crippen LogP contribution in [0.1, 0.15) is 19.3 Å². The van der Waals surface area contributed by atoms with E-state index in [1.165, 1.54) is 0 Å². The zero-order chi connectivity index (χ0) is 16.0. The van der Waals surface area contributed by atoms with Gasteiger partial charge in [-0.05, 0) is 40.9 Å². The van der Waals surface area contributed by atoms with Gasteiger partial charge in [0.15, 0.2) is 17.8 Å². The molecule has 1 aromatic rings. The predicted octanol–water partition coefficient (Wildman–Crippen LogP) is -1.03. The van der Waals surface area contributed by atoms with Crippen LogP contribution in [-0.2, 0) is 4.74 Å². The maximum absolute atomic E-state index is 6.20. The van der Waals surface area contributed by atoms with Crippen molar-refractivity contribution in [1.29, 1.82) is 0 Å². The number of rotatable bonds is 2. The Kier molecular flexibility index (Phi) is 4.23. The second kappa shape index (κ2) is 5.75. The molecule has 1 unspecified atom stereocenters. The van der Waals surface area contributed by atoms with Gasteiger partial charge in [0.05, 0.1) is 17.4 Å². The van der Waals surface area contributed by atoms with Crippen molar-refractivity contribution in [2.75, 3.05) is 6.61 Å². The van der Waals surface area contributed by atoms with E-state index in [-0.39, 0.29) is 6.29 Å². The Hall–Kier alpha value is -0.680. The Morgan fingerprint density at radius 2 is 1.82 bits per heavy atom. The van der Waals surface area contributed by atoms with E-state index in [0.717, 1.165) is 41.8 Å². The Morgan fingerprint density at radius 1 is 1.09 bits per heavy atom. The first-order valence-electron chi connectivity index (χ1n) is 7.79. The van der Waals surface area contributed by atoms with Crippen molar-refractivity contribution in [3.63, 3.8) is 0 Å². The van der Waals surface area contributed by atoms with E-state index in [1.54, 1.807) is 0 Å². The molecule has 0 aliphatic carbocycles. The first kappa shape index (κ1) is 16.2. The lowest BCUT2D eigenvalue weighted by Crippen LogP contribution is -2.65. The van der Waals surface area contributed by atoms with Crippen molar-refractivity contribution in [2.24, 2.45) is 0 Å². The highest BCUT2D eigenvalue weighted by atomic mass is 79.9. The number of hydrogen-bond acceptors (Lipinski definition) is 4. The molecule has 2 aliphatic rings. The van der Waals surface area contributed by atoms with Gasteiger partial charge < -0.3 is 18.9 Å². The molecule has 1 fully saturated rings. The third-order valence-electron chi connectivity index (χ3n) is 4.59. The van der Waals surface area contributed by atoms with Crippen LogP contribution in [0, 0.1) is 0 Å². The highest BCUT2D eigenvalue weighted by Crippen LogP contribution is 2.47. The summed E-state index contributed by atoms with van der Waals surface area (Å²) in [7, 11) is 8.12. The highest BCUT2D eigenvalue weighted by Gasteiger charge is 2.45. The standard InChI is InChI=1S/C13H19B4BrO4/c14-12(15)13(16,17)22-11-8(21-12)5-4-7(10(11)18)20-9-3-1-2-6-19-9/h4-5,9H,1-3,6,14-17H2. The minimum atomic E-state index is -0.442. The van der Waals surface area contributed by atoms with Gasteiger partial charge in [-0.25, -0.2) is 0 Å². The van der Waals surface area contributed by atoms with Gasteiger partial charge in [-0.2, -0.15) is 0 Å². The zero-order valence-electron chi connectivity index (χ0n) is 13.6. The number of benzene rings is 1. The van der Waals surface area contributed by atoms with E-state index in [1.807, 2.05) is 43.5 Å². The number of fused-ring (bicyclic) bond motifs is 1. The number of hydrogen-bond donors (Lipinski definition) is 0. The predicted molar refractivity (Wildman–Crippen MR) is 99.3 cm³/mol. The van der Waals surface area contributed by atoms with Gasteiger partial charge in [0, 0.05) is 6.42 Å². The van der Waals surface area contributed by atoms with Crippen LogP contribution < -0.4 is 14.2 Å². The molecule has 1 aromatic carbocycles. The first-order chi connectivity index (χ1) is 10.3. The fraction of sp³-hybridized carbons (Fsp3) is 0.538. The molecule has 114 valence electrons. The molecule has 0 N–H and O–H groups in total. The molecule has 2 aliphatic heterocycles. The van der Waals surface area contributed by atoms with E-state index in [0.29, 0.717) is 5.75 Å². The molecule has 4 nitrogen and oxygen atoms in total. The van der Waals surface area contributed by atoms with Gasteiger partial charge in [-0.15, -0.1) is 0 Å². The van der Waals surface area contributed by atoms with Gasteiger partial charge >= 0.3 is 0 Å². The monoisotopic (exact) mass is 362 g/mol. The molecule has 1 saturated heterocycles. The fourth-order valence-electron chi connectivity index (χ4n) is 2.51. The molecule has 0 spiro atoms. The largest absolute Gasteiger partial charge is 0.499 e. The van der Waals surface area contributed by atoms with Crippen LogP contribution in [0.3, 0.4) is 0 Å². The Balaban J connectivity index is 1.87. The van der Waals surface area contributed by atoms with Crippen LogP contribution in [0.15, 0.2) is 16.6 Å². The van der Waals surface area contributed by atoms with Crippen molar-refractivity contribution in [2.45, 2.75) is 36.4 Å². The second-order valence-corrected chi connectivity index (χ2v) is 7.64. The molecule has 0 saturated carbocycles. The minimum Gasteiger partial charge on any atom is -0.499 e. The van der Waals surface area contributed by atoms with Crippen molar-refractivity contribution in [3.8, 4) is 17.2 Å². The Labute approximate surface area is 143 Å². The smallest absolute Gasteiger partial charge is 0.199 e. The van der Waals surface area contributed by atoms with Gasteiger partial charge in [0.1, 0.15) is 41.6 Å². The fourth-order valence-corrected chi connectivity index (χ4v) is 3.01. The van der Waals surface area contributed by atoms with Gasteiger partial charge in [-0.3, -0.25) is 0 Å². The summed E-state index contributed by atoms with van der Waals surface area (Å²) in [6.45, 7) is 0.758. The lowest BCUT2D eigenvalue weighted by molar-refractivity contribution is -0.106. The average Bonchev–Trinajstić information content (AvgIpc) is 2.45. The number of ether oxygens (including phenoxy) is 4. The summed E-state index contributed by atoms with van der Waals surface area (Å²) in [4.78, 5) is 0. The van der Waals surface area contributed by atoms with Crippen LogP contribution in [-0.4, -0.2) is 55.1 Å². The number of halogens is 1. The van der Waals surface area contributed by atoms with Crippen LogP contribution >= 0.6 is 15.9 Å². The van der Waals surface area contributed by atoms with Gasteiger partial charge in [0.2, 0.25) is 0 Å². The minimum absolute atomic E-state index is 0.183. The zero-order valence-corrected chi connectivity index (χ0v) is 15.2. The third kappa shape index (κ3) is 2.90. The quantitative estimate of drug-likeness (QED) is 0.631. The van der Waals surface area contributed by atoms with Crippen molar-refractivity contribution < 1.29 is 18.9 Å². The average molecular weight is 362 g/mol. The van der Waals surface area contributed by atoms with Crippen LogP contribution in [0.2, 0.25) is 0 Å². The second-order valence-electron chi connectivity index (χ2n) is 6.84. The third-order valence-corrected chi connectivity index (χ3v) is 5.35. The van der Waals surface area contributed by atoms with E-state index >= 15 is 0 Å². The highest BCUT2D eigenvalue weighted by molar-refractivity contribution is 9.10. The van der Waals surface area contributed by atoms with Crippen molar-refractivity contribution in [3.05, 3.63) is 16.6 Å². The summed E-state index contributed by atoms with van der Waals surface area (Å²) in [5.41, 5.74) is 0.